The number of piperidine rings is 1. The number of hydrogen-bond acceptors (Lipinski definition) is 7. The van der Waals surface area contributed by atoms with Gasteiger partial charge in [0.2, 0.25) is 5.95 Å². The Morgan fingerprint density at radius 2 is 2.03 bits per heavy atom. The van der Waals surface area contributed by atoms with Gasteiger partial charge in [-0.15, -0.1) is 0 Å². The number of carbonyl (C=O) groups is 1. The number of amides is 1. The molecule has 3 aromatic rings. The Bertz CT molecular complexity index is 1070. The quantitative estimate of drug-likeness (QED) is 0.648. The van der Waals surface area contributed by atoms with Crippen LogP contribution in [0.15, 0.2) is 30.7 Å². The lowest BCUT2D eigenvalue weighted by molar-refractivity contribution is -0.0967. The van der Waals surface area contributed by atoms with Crippen LogP contribution < -0.4 is 4.90 Å². The number of carbonyl (C=O) groups excluding carboxylic acids is 1. The number of anilines is 1. The molecule has 1 amide bonds. The molecule has 9 nitrogen and oxygen atoms in total. The minimum absolute atomic E-state index is 0.0383. The molecule has 0 N–H and O–H groups in total. The van der Waals surface area contributed by atoms with E-state index >= 15 is 0 Å². The molecule has 0 aromatic carbocycles. The van der Waals surface area contributed by atoms with Crippen LogP contribution in [0.4, 0.5) is 5.95 Å². The summed E-state index contributed by atoms with van der Waals surface area (Å²) in [5.74, 6) is 0.647. The van der Waals surface area contributed by atoms with E-state index in [1.807, 2.05) is 42.2 Å². The highest BCUT2D eigenvalue weighted by atomic mass is 16.5. The maximum absolute atomic E-state index is 13.1. The SMILES string of the molecule is CN(C)c1ncc2c(n1)C1(CCN(C(=O)c3cccc4ncnn34)CC1)OCC2. The van der Waals surface area contributed by atoms with E-state index in [4.69, 9.17) is 9.72 Å². The molecule has 9 heteroatoms. The summed E-state index contributed by atoms with van der Waals surface area (Å²) in [6, 6.07) is 5.46. The van der Waals surface area contributed by atoms with Gasteiger partial charge in [-0.2, -0.15) is 5.10 Å². The van der Waals surface area contributed by atoms with Crippen LogP contribution in [0.1, 0.15) is 34.6 Å². The van der Waals surface area contributed by atoms with Gasteiger partial charge in [0.1, 0.15) is 17.6 Å². The number of ether oxygens (including phenoxy) is 1. The molecular formula is C20H23N7O2. The van der Waals surface area contributed by atoms with Crippen LogP contribution in [0.3, 0.4) is 0 Å². The van der Waals surface area contributed by atoms with Crippen LogP contribution >= 0.6 is 0 Å². The highest BCUT2D eigenvalue weighted by Crippen LogP contribution is 2.41. The van der Waals surface area contributed by atoms with Gasteiger partial charge >= 0.3 is 0 Å². The lowest BCUT2D eigenvalue weighted by atomic mass is 9.83. The van der Waals surface area contributed by atoms with E-state index in [-0.39, 0.29) is 5.91 Å². The average molecular weight is 393 g/mol. The summed E-state index contributed by atoms with van der Waals surface area (Å²) in [7, 11) is 3.87. The predicted molar refractivity (Wildman–Crippen MR) is 106 cm³/mol. The predicted octanol–water partition coefficient (Wildman–Crippen LogP) is 1.29. The van der Waals surface area contributed by atoms with Crippen LogP contribution in [0.2, 0.25) is 0 Å². The van der Waals surface area contributed by atoms with E-state index < -0.39 is 5.60 Å². The maximum atomic E-state index is 13.1. The molecule has 2 aliphatic rings. The lowest BCUT2D eigenvalue weighted by Gasteiger charge is -2.44. The smallest absolute Gasteiger partial charge is 0.272 e. The van der Waals surface area contributed by atoms with E-state index in [2.05, 4.69) is 15.1 Å². The van der Waals surface area contributed by atoms with Crippen molar-refractivity contribution < 1.29 is 9.53 Å². The van der Waals surface area contributed by atoms with E-state index in [1.165, 1.54) is 6.33 Å². The van der Waals surface area contributed by atoms with Crippen LogP contribution in [0, 0.1) is 0 Å². The van der Waals surface area contributed by atoms with Crippen molar-refractivity contribution in [2.45, 2.75) is 24.9 Å². The third-order valence-corrected chi connectivity index (χ3v) is 5.81. The standard InChI is InChI=1S/C20H23N7O2/c1-25(2)19-21-12-14-6-11-29-20(17(14)24-19)7-9-26(10-8-20)18(28)15-4-3-5-16-22-13-23-27(15)16/h3-5,12-13H,6-11H2,1-2H3. The van der Waals surface area contributed by atoms with Gasteiger partial charge in [-0.25, -0.2) is 19.5 Å². The van der Waals surface area contributed by atoms with Crippen LogP contribution in [0.25, 0.3) is 5.65 Å². The minimum atomic E-state index is -0.447. The van der Waals surface area contributed by atoms with Crippen molar-refractivity contribution in [3.05, 3.63) is 47.7 Å². The number of hydrogen-bond donors (Lipinski definition) is 0. The first-order valence-electron chi connectivity index (χ1n) is 9.83. The fraction of sp³-hybridized carbons (Fsp3) is 0.450. The summed E-state index contributed by atoms with van der Waals surface area (Å²) < 4.78 is 7.88. The van der Waals surface area contributed by atoms with E-state index in [0.29, 0.717) is 49.8 Å². The molecule has 5 rings (SSSR count). The molecule has 0 bridgehead atoms. The van der Waals surface area contributed by atoms with Gasteiger partial charge in [0.15, 0.2) is 5.65 Å². The molecular weight excluding hydrogens is 370 g/mol. The summed E-state index contributed by atoms with van der Waals surface area (Å²) in [6.07, 6.45) is 5.63. The molecule has 1 spiro atoms. The normalized spacial score (nSPS) is 18.1. The van der Waals surface area contributed by atoms with Gasteiger partial charge in [-0.05, 0) is 37.0 Å². The number of rotatable bonds is 2. The molecule has 0 unspecified atom stereocenters. The van der Waals surface area contributed by atoms with Crippen molar-refractivity contribution in [3.8, 4) is 0 Å². The van der Waals surface area contributed by atoms with E-state index in [1.54, 1.807) is 10.6 Å². The Labute approximate surface area is 168 Å². The maximum Gasteiger partial charge on any atom is 0.272 e. The summed E-state index contributed by atoms with van der Waals surface area (Å²) in [4.78, 5) is 30.3. The molecule has 1 fully saturated rings. The van der Waals surface area contributed by atoms with Crippen LogP contribution in [-0.2, 0) is 16.8 Å². The second kappa shape index (κ2) is 6.77. The van der Waals surface area contributed by atoms with Crippen LogP contribution in [0.5, 0.6) is 0 Å². The summed E-state index contributed by atoms with van der Waals surface area (Å²) in [5, 5.41) is 4.19. The van der Waals surface area contributed by atoms with Crippen molar-refractivity contribution in [2.75, 3.05) is 38.7 Å². The molecule has 0 aliphatic carbocycles. The number of likely N-dealkylation sites (tertiary alicyclic amines) is 1. The Balaban J connectivity index is 1.40. The van der Waals surface area contributed by atoms with Crippen molar-refractivity contribution in [1.82, 2.24) is 29.5 Å². The number of pyridine rings is 1. The largest absolute Gasteiger partial charge is 0.368 e. The molecule has 0 radical (unpaired) electrons. The van der Waals surface area contributed by atoms with E-state index in [9.17, 15) is 4.79 Å². The first kappa shape index (κ1) is 18.0. The molecule has 0 saturated carbocycles. The minimum Gasteiger partial charge on any atom is -0.368 e. The van der Waals surface area contributed by atoms with E-state index in [0.717, 1.165) is 17.7 Å². The topological polar surface area (TPSA) is 88.8 Å². The summed E-state index contributed by atoms with van der Waals surface area (Å²) >= 11 is 0. The zero-order valence-electron chi connectivity index (χ0n) is 16.6. The Hall–Kier alpha value is -3.07. The van der Waals surface area contributed by atoms with Crippen molar-refractivity contribution in [2.24, 2.45) is 0 Å². The van der Waals surface area contributed by atoms with Crippen molar-refractivity contribution >= 4 is 17.5 Å². The third kappa shape index (κ3) is 2.93. The zero-order chi connectivity index (χ0) is 20.0. The molecule has 150 valence electrons. The highest BCUT2D eigenvalue weighted by molar-refractivity contribution is 5.93. The summed E-state index contributed by atoms with van der Waals surface area (Å²) in [6.45, 7) is 1.86. The van der Waals surface area contributed by atoms with Gasteiger partial charge < -0.3 is 14.5 Å². The second-order valence-corrected chi connectivity index (χ2v) is 7.76. The van der Waals surface area contributed by atoms with Gasteiger partial charge in [0, 0.05) is 33.4 Å². The fourth-order valence-electron chi connectivity index (χ4n) is 4.24. The molecule has 5 heterocycles. The fourth-order valence-corrected chi connectivity index (χ4v) is 4.24. The molecule has 2 aliphatic heterocycles. The molecule has 3 aromatic heterocycles. The first-order chi connectivity index (χ1) is 14.1. The van der Waals surface area contributed by atoms with Gasteiger partial charge in [0.05, 0.1) is 12.3 Å². The van der Waals surface area contributed by atoms with Crippen molar-refractivity contribution in [1.29, 1.82) is 0 Å². The number of aromatic nitrogens is 5. The first-order valence-corrected chi connectivity index (χ1v) is 9.83. The Kier molecular flexibility index (Phi) is 4.20. The molecule has 29 heavy (non-hydrogen) atoms. The highest BCUT2D eigenvalue weighted by Gasteiger charge is 2.43. The van der Waals surface area contributed by atoms with Crippen LogP contribution in [-0.4, -0.2) is 69.2 Å². The lowest BCUT2D eigenvalue weighted by Crippen LogP contribution is -2.49. The van der Waals surface area contributed by atoms with Gasteiger partial charge in [-0.1, -0.05) is 6.07 Å². The second-order valence-electron chi connectivity index (χ2n) is 7.76. The third-order valence-electron chi connectivity index (χ3n) is 5.81. The Morgan fingerprint density at radius 1 is 1.21 bits per heavy atom. The summed E-state index contributed by atoms with van der Waals surface area (Å²) in [5.41, 5.74) is 2.87. The monoisotopic (exact) mass is 393 g/mol. The number of fused-ring (bicyclic) bond motifs is 3. The van der Waals surface area contributed by atoms with Gasteiger partial charge in [0.25, 0.3) is 5.91 Å². The van der Waals surface area contributed by atoms with Gasteiger partial charge in [-0.3, -0.25) is 4.79 Å². The molecule has 1 saturated heterocycles. The Morgan fingerprint density at radius 3 is 2.83 bits per heavy atom. The molecule has 0 atom stereocenters. The number of nitrogens with zero attached hydrogens (tertiary/aromatic N) is 7. The van der Waals surface area contributed by atoms with Crippen molar-refractivity contribution in [3.63, 3.8) is 0 Å². The average Bonchev–Trinajstić information content (AvgIpc) is 3.23. The zero-order valence-corrected chi connectivity index (χ0v) is 16.6.